The van der Waals surface area contributed by atoms with Crippen LogP contribution in [0.3, 0.4) is 0 Å². The van der Waals surface area contributed by atoms with Crippen molar-refractivity contribution >= 4 is 65.0 Å². The van der Waals surface area contributed by atoms with E-state index < -0.39 is 0 Å². The average molecular weight is 827 g/mol. The van der Waals surface area contributed by atoms with E-state index in [0.29, 0.717) is 5.82 Å². The van der Waals surface area contributed by atoms with Gasteiger partial charge < -0.3 is 4.57 Å². The van der Waals surface area contributed by atoms with Crippen LogP contribution in [0.2, 0.25) is 0 Å². The number of rotatable bonds is 6. The number of nitrogens with zero attached hydrogens (tertiary/aromatic N) is 4. The molecule has 0 bridgehead atoms. The predicted molar refractivity (Wildman–Crippen MR) is 271 cm³/mol. The van der Waals surface area contributed by atoms with Crippen LogP contribution in [0.1, 0.15) is 0 Å². The van der Waals surface area contributed by atoms with Gasteiger partial charge in [0.1, 0.15) is 0 Å². The van der Waals surface area contributed by atoms with Gasteiger partial charge in [0.05, 0.1) is 33.6 Å². The van der Waals surface area contributed by atoms with E-state index in [-0.39, 0.29) is 0 Å². The molecule has 0 fully saturated rings. The number of pyridine rings is 1. The lowest BCUT2D eigenvalue weighted by molar-refractivity contribution is 1.18. The Labute approximate surface area is 375 Å². The van der Waals surface area contributed by atoms with E-state index in [1.165, 1.54) is 38.0 Å². The number of fused-ring (bicyclic) bond motifs is 10. The van der Waals surface area contributed by atoms with Gasteiger partial charge in [0.2, 0.25) is 0 Å². The highest BCUT2D eigenvalue weighted by atomic mass is 15.0. The Morgan fingerprint density at radius 3 is 1.54 bits per heavy atom. The molecule has 65 heavy (non-hydrogen) atoms. The van der Waals surface area contributed by atoms with Crippen molar-refractivity contribution in [2.45, 2.75) is 0 Å². The van der Waals surface area contributed by atoms with Gasteiger partial charge >= 0.3 is 0 Å². The van der Waals surface area contributed by atoms with Gasteiger partial charge in [0, 0.05) is 54.9 Å². The monoisotopic (exact) mass is 826 g/mol. The molecule has 0 aliphatic rings. The number of hydrogen-bond donors (Lipinski definition) is 0. The first-order valence-electron chi connectivity index (χ1n) is 22.1. The molecule has 0 N–H and O–H groups in total. The summed E-state index contributed by atoms with van der Waals surface area (Å²) < 4.78 is 2.41. The van der Waals surface area contributed by atoms with Gasteiger partial charge in [-0.2, -0.15) is 0 Å². The van der Waals surface area contributed by atoms with Crippen LogP contribution in [-0.2, 0) is 0 Å². The van der Waals surface area contributed by atoms with Crippen LogP contribution in [0.4, 0.5) is 0 Å². The van der Waals surface area contributed by atoms with Crippen molar-refractivity contribution in [1.82, 2.24) is 19.5 Å². The molecular weight excluding hydrogens is 789 g/mol. The SMILES string of the molecule is c1ccc(-c2cc(-c3ccc(-c4cc5nc(-c6ccccc6)c6ccc7c(c8ccccc8n7-c7ccccc7)c6c5c5ccccc45)c4ccccc34)nc(-c3ccccc3)n2)cc1. The molecule has 0 spiro atoms. The molecule has 4 heteroatoms. The quantitative estimate of drug-likeness (QED) is 0.157. The summed E-state index contributed by atoms with van der Waals surface area (Å²) in [5.41, 5.74) is 13.6. The Kier molecular flexibility index (Phi) is 8.50. The van der Waals surface area contributed by atoms with Gasteiger partial charge in [-0.25, -0.2) is 15.0 Å². The van der Waals surface area contributed by atoms with E-state index in [9.17, 15) is 0 Å². The van der Waals surface area contributed by atoms with Gasteiger partial charge in [-0.3, -0.25) is 0 Å². The highest BCUT2D eigenvalue weighted by molar-refractivity contribution is 6.34. The van der Waals surface area contributed by atoms with E-state index in [1.807, 2.05) is 24.3 Å². The van der Waals surface area contributed by atoms with Crippen LogP contribution < -0.4 is 0 Å². The first-order chi connectivity index (χ1) is 32.3. The van der Waals surface area contributed by atoms with Gasteiger partial charge in [0.15, 0.2) is 5.82 Å². The third-order valence-corrected chi connectivity index (χ3v) is 13.0. The predicted octanol–water partition coefficient (Wildman–Crippen LogP) is 15.9. The smallest absolute Gasteiger partial charge is 0.160 e. The molecule has 0 aliphatic carbocycles. The molecule has 0 saturated heterocycles. The normalized spacial score (nSPS) is 11.7. The maximum atomic E-state index is 5.66. The second-order valence-electron chi connectivity index (χ2n) is 16.7. The summed E-state index contributed by atoms with van der Waals surface area (Å²) in [6.07, 6.45) is 0. The topological polar surface area (TPSA) is 43.6 Å². The summed E-state index contributed by atoms with van der Waals surface area (Å²) in [4.78, 5) is 16.0. The van der Waals surface area contributed by atoms with Crippen LogP contribution in [0.25, 0.3) is 127 Å². The Morgan fingerprint density at radius 2 is 0.831 bits per heavy atom. The highest BCUT2D eigenvalue weighted by Crippen LogP contribution is 2.47. The minimum Gasteiger partial charge on any atom is -0.309 e. The van der Waals surface area contributed by atoms with E-state index in [1.54, 1.807) is 0 Å². The van der Waals surface area contributed by atoms with E-state index in [0.717, 1.165) is 83.2 Å². The summed E-state index contributed by atoms with van der Waals surface area (Å²) in [7, 11) is 0. The Hall–Kier alpha value is -8.73. The zero-order chi connectivity index (χ0) is 42.8. The maximum absolute atomic E-state index is 5.66. The van der Waals surface area contributed by atoms with E-state index in [2.05, 4.69) is 211 Å². The van der Waals surface area contributed by atoms with Crippen molar-refractivity contribution < 1.29 is 0 Å². The van der Waals surface area contributed by atoms with Crippen LogP contribution >= 0.6 is 0 Å². The standard InChI is InChI=1S/C61H38N4/c1-5-19-39(20-6-1)52-38-53(64-61(63-52)41-23-9-3-10-24-41)47-34-33-46(43-27-13-14-28-44(43)47)51-37-54-57(48-30-16-15-29-45(48)51)59-50(60(62-54)40-21-7-2-8-22-40)35-36-56-58(59)49-31-17-18-32-55(49)65(56)42-25-11-4-12-26-42/h1-38H. The third kappa shape index (κ3) is 5.96. The summed E-state index contributed by atoms with van der Waals surface area (Å²) in [6, 6.07) is 82.0. The fourth-order valence-electron chi connectivity index (χ4n) is 10.1. The summed E-state index contributed by atoms with van der Waals surface area (Å²) in [5.74, 6) is 0.698. The van der Waals surface area contributed by atoms with Crippen molar-refractivity contribution in [1.29, 1.82) is 0 Å². The molecule has 302 valence electrons. The van der Waals surface area contributed by atoms with Gasteiger partial charge in [-0.05, 0) is 69.1 Å². The van der Waals surface area contributed by atoms with Crippen molar-refractivity contribution in [3.05, 3.63) is 231 Å². The molecule has 13 rings (SSSR count). The molecule has 0 atom stereocenters. The second kappa shape index (κ2) is 15.0. The van der Waals surface area contributed by atoms with E-state index in [4.69, 9.17) is 15.0 Å². The molecule has 4 nitrogen and oxygen atoms in total. The summed E-state index contributed by atoms with van der Waals surface area (Å²) in [5, 5.41) is 10.6. The summed E-state index contributed by atoms with van der Waals surface area (Å²) in [6.45, 7) is 0. The fraction of sp³-hybridized carbons (Fsp3) is 0. The van der Waals surface area contributed by atoms with Crippen LogP contribution in [0.5, 0.6) is 0 Å². The molecule has 13 aromatic rings. The second-order valence-corrected chi connectivity index (χ2v) is 16.7. The molecule has 0 radical (unpaired) electrons. The first kappa shape index (κ1) is 36.9. The lowest BCUT2D eigenvalue weighted by Gasteiger charge is -2.18. The number of hydrogen-bond acceptors (Lipinski definition) is 3. The van der Waals surface area contributed by atoms with Crippen LogP contribution in [-0.4, -0.2) is 19.5 Å². The average Bonchev–Trinajstić information content (AvgIpc) is 3.73. The number of para-hydroxylation sites is 2. The summed E-state index contributed by atoms with van der Waals surface area (Å²) >= 11 is 0. The molecule has 10 aromatic carbocycles. The largest absolute Gasteiger partial charge is 0.309 e. The molecule has 0 unspecified atom stereocenters. The van der Waals surface area contributed by atoms with Crippen molar-refractivity contribution in [2.24, 2.45) is 0 Å². The Morgan fingerprint density at radius 1 is 0.292 bits per heavy atom. The molecular formula is C61H38N4. The fourth-order valence-corrected chi connectivity index (χ4v) is 10.1. The van der Waals surface area contributed by atoms with Crippen molar-refractivity contribution in [3.8, 4) is 62.0 Å². The lowest BCUT2D eigenvalue weighted by atomic mass is 9.87. The van der Waals surface area contributed by atoms with Gasteiger partial charge in [-0.1, -0.05) is 194 Å². The molecule has 0 saturated carbocycles. The maximum Gasteiger partial charge on any atom is 0.160 e. The molecule has 0 aliphatic heterocycles. The van der Waals surface area contributed by atoms with E-state index >= 15 is 0 Å². The minimum absolute atomic E-state index is 0.698. The molecule has 3 heterocycles. The Bertz CT molecular complexity index is 3920. The minimum atomic E-state index is 0.698. The van der Waals surface area contributed by atoms with Gasteiger partial charge in [-0.15, -0.1) is 0 Å². The molecule has 0 amide bonds. The number of aromatic nitrogens is 4. The number of benzene rings is 10. The first-order valence-corrected chi connectivity index (χ1v) is 22.1. The third-order valence-electron chi connectivity index (χ3n) is 13.0. The highest BCUT2D eigenvalue weighted by Gasteiger charge is 2.23. The Balaban J connectivity index is 1.11. The van der Waals surface area contributed by atoms with Crippen LogP contribution in [0, 0.1) is 0 Å². The van der Waals surface area contributed by atoms with Crippen molar-refractivity contribution in [3.63, 3.8) is 0 Å². The zero-order valence-electron chi connectivity index (χ0n) is 35.2. The molecule has 3 aromatic heterocycles. The van der Waals surface area contributed by atoms with Crippen molar-refractivity contribution in [2.75, 3.05) is 0 Å². The van der Waals surface area contributed by atoms with Crippen LogP contribution in [0.15, 0.2) is 231 Å². The van der Waals surface area contributed by atoms with Gasteiger partial charge in [0.25, 0.3) is 0 Å². The lowest BCUT2D eigenvalue weighted by Crippen LogP contribution is -1.97. The zero-order valence-corrected chi connectivity index (χ0v) is 35.2.